The van der Waals surface area contributed by atoms with Crippen LogP contribution in [0.4, 0.5) is 0 Å². The smallest absolute Gasteiger partial charge is 0.231 e. The number of H-pyrrole nitrogens is 1. The Morgan fingerprint density at radius 2 is 1.90 bits per heavy atom. The van der Waals surface area contributed by atoms with Gasteiger partial charge < -0.3 is 14.5 Å². The van der Waals surface area contributed by atoms with Crippen LogP contribution in [0.1, 0.15) is 24.6 Å². The molecule has 1 N–H and O–H groups in total. The molecule has 3 aromatic rings. The van der Waals surface area contributed by atoms with E-state index in [9.17, 15) is 8.42 Å². The number of nitrogens with zero attached hydrogens (tertiary/aromatic N) is 3. The molecule has 0 saturated carbocycles. The van der Waals surface area contributed by atoms with Crippen LogP contribution in [-0.2, 0) is 10.0 Å². The molecule has 0 atom stereocenters. The summed E-state index contributed by atoms with van der Waals surface area (Å²) >= 11 is 0. The Balaban J connectivity index is 1.52. The second-order valence-corrected chi connectivity index (χ2v) is 9.55. The maximum absolute atomic E-state index is 11.8. The van der Waals surface area contributed by atoms with Crippen LogP contribution in [0.25, 0.3) is 22.6 Å². The molecular formula is C21H22N4O4S. The van der Waals surface area contributed by atoms with Gasteiger partial charge in [0.1, 0.15) is 5.82 Å². The van der Waals surface area contributed by atoms with Gasteiger partial charge in [-0.15, -0.1) is 0 Å². The second kappa shape index (κ2) is 7.41. The van der Waals surface area contributed by atoms with Crippen molar-refractivity contribution in [3.8, 4) is 34.1 Å². The Kier molecular flexibility index (Phi) is 4.71. The fourth-order valence-electron chi connectivity index (χ4n) is 3.99. The normalized spacial score (nSPS) is 17.4. The molecule has 0 spiro atoms. The third-order valence-electron chi connectivity index (χ3n) is 5.60. The minimum atomic E-state index is -3.16. The number of hydrogen-bond donors (Lipinski definition) is 1. The number of ether oxygens (including phenoxy) is 2. The predicted molar refractivity (Wildman–Crippen MR) is 112 cm³/mol. The lowest BCUT2D eigenvalue weighted by Gasteiger charge is -2.29. The van der Waals surface area contributed by atoms with Crippen LogP contribution in [-0.4, -0.2) is 53.8 Å². The van der Waals surface area contributed by atoms with Crippen LogP contribution in [0.3, 0.4) is 0 Å². The number of aromatic amines is 1. The highest BCUT2D eigenvalue weighted by atomic mass is 32.2. The van der Waals surface area contributed by atoms with Crippen LogP contribution in [0, 0.1) is 0 Å². The third kappa shape index (κ3) is 3.54. The van der Waals surface area contributed by atoms with Gasteiger partial charge in [0.05, 0.1) is 23.3 Å². The standard InChI is InChI=1S/C21H22N4O4S/c1-30(26,27)25-10-7-14(8-11-25)21-23-19(20(24-21)16-4-2-3-9-22-16)15-5-6-17-18(12-15)29-13-28-17/h2-6,9,12,14H,7-8,10-11,13H2,1H3,(H,23,24). The molecule has 2 aliphatic rings. The highest BCUT2D eigenvalue weighted by Gasteiger charge is 2.29. The lowest BCUT2D eigenvalue weighted by molar-refractivity contribution is 0.174. The SMILES string of the molecule is CS(=O)(=O)N1CCC(c2nc(-c3ccc4c(c3)OCO4)c(-c3ccccn3)[nH]2)CC1. The van der Waals surface area contributed by atoms with E-state index >= 15 is 0 Å². The van der Waals surface area contributed by atoms with Crippen LogP contribution in [0.5, 0.6) is 11.5 Å². The predicted octanol–water partition coefficient (Wildman–Crippen LogP) is 3.01. The number of fused-ring (bicyclic) bond motifs is 1. The van der Waals surface area contributed by atoms with E-state index in [2.05, 4.69) is 9.97 Å². The number of benzene rings is 1. The highest BCUT2D eigenvalue weighted by Crippen LogP contribution is 2.39. The summed E-state index contributed by atoms with van der Waals surface area (Å²) in [5, 5.41) is 0. The van der Waals surface area contributed by atoms with Gasteiger partial charge in [-0.1, -0.05) is 6.07 Å². The third-order valence-corrected chi connectivity index (χ3v) is 6.90. The number of nitrogens with one attached hydrogen (secondary N) is 1. The lowest BCUT2D eigenvalue weighted by atomic mass is 9.97. The summed E-state index contributed by atoms with van der Waals surface area (Å²) in [6, 6.07) is 11.5. The molecule has 2 aromatic heterocycles. The molecule has 30 heavy (non-hydrogen) atoms. The Morgan fingerprint density at radius 3 is 2.63 bits per heavy atom. The van der Waals surface area contributed by atoms with Gasteiger partial charge in [-0.05, 0) is 43.2 Å². The lowest BCUT2D eigenvalue weighted by Crippen LogP contribution is -2.37. The van der Waals surface area contributed by atoms with Crippen LogP contribution in [0.15, 0.2) is 42.6 Å². The molecule has 1 saturated heterocycles. The zero-order valence-electron chi connectivity index (χ0n) is 16.5. The van der Waals surface area contributed by atoms with Crippen molar-refractivity contribution in [1.82, 2.24) is 19.3 Å². The molecule has 0 aliphatic carbocycles. The summed E-state index contributed by atoms with van der Waals surface area (Å²) < 4.78 is 36.1. The fraction of sp³-hybridized carbons (Fsp3) is 0.333. The quantitative estimate of drug-likeness (QED) is 0.689. The molecule has 0 amide bonds. The van der Waals surface area contributed by atoms with E-state index < -0.39 is 10.0 Å². The molecule has 4 heterocycles. The van der Waals surface area contributed by atoms with Crippen molar-refractivity contribution in [2.24, 2.45) is 0 Å². The summed E-state index contributed by atoms with van der Waals surface area (Å²) in [5.41, 5.74) is 3.36. The molecule has 0 radical (unpaired) electrons. The van der Waals surface area contributed by atoms with Gasteiger partial charge in [0.2, 0.25) is 16.8 Å². The summed E-state index contributed by atoms with van der Waals surface area (Å²) in [6.45, 7) is 1.22. The minimum absolute atomic E-state index is 0.160. The first-order valence-electron chi connectivity index (χ1n) is 9.85. The first-order chi connectivity index (χ1) is 14.5. The van der Waals surface area contributed by atoms with Crippen molar-refractivity contribution in [2.75, 3.05) is 26.1 Å². The summed E-state index contributed by atoms with van der Waals surface area (Å²) in [4.78, 5) is 12.9. The summed E-state index contributed by atoms with van der Waals surface area (Å²) in [7, 11) is -3.16. The van der Waals surface area contributed by atoms with E-state index in [0.29, 0.717) is 18.8 Å². The van der Waals surface area contributed by atoms with Gasteiger partial charge in [0.25, 0.3) is 0 Å². The Bertz CT molecular complexity index is 1170. The number of sulfonamides is 1. The first kappa shape index (κ1) is 19.1. The molecule has 5 rings (SSSR count). The average molecular weight is 426 g/mol. The summed E-state index contributed by atoms with van der Waals surface area (Å²) in [6.07, 6.45) is 4.46. The number of aromatic nitrogens is 3. The van der Waals surface area contributed by atoms with Crippen molar-refractivity contribution >= 4 is 10.0 Å². The highest BCUT2D eigenvalue weighted by molar-refractivity contribution is 7.88. The zero-order valence-corrected chi connectivity index (χ0v) is 17.4. The minimum Gasteiger partial charge on any atom is -0.454 e. The topological polar surface area (TPSA) is 97.4 Å². The number of rotatable bonds is 4. The van der Waals surface area contributed by atoms with Gasteiger partial charge in [-0.3, -0.25) is 4.98 Å². The van der Waals surface area contributed by atoms with Crippen molar-refractivity contribution in [3.05, 3.63) is 48.4 Å². The molecule has 1 fully saturated rings. The van der Waals surface area contributed by atoms with E-state index in [1.165, 1.54) is 10.6 Å². The largest absolute Gasteiger partial charge is 0.454 e. The average Bonchev–Trinajstić information content (AvgIpc) is 3.40. The molecule has 0 bridgehead atoms. The van der Waals surface area contributed by atoms with E-state index in [-0.39, 0.29) is 12.7 Å². The fourth-order valence-corrected chi connectivity index (χ4v) is 4.87. The van der Waals surface area contributed by atoms with Crippen molar-refractivity contribution in [1.29, 1.82) is 0 Å². The molecule has 0 unspecified atom stereocenters. The maximum atomic E-state index is 11.8. The maximum Gasteiger partial charge on any atom is 0.231 e. The van der Waals surface area contributed by atoms with Gasteiger partial charge >= 0.3 is 0 Å². The Hall–Kier alpha value is -2.91. The Labute approximate surface area is 174 Å². The molecule has 156 valence electrons. The van der Waals surface area contributed by atoms with E-state index in [1.807, 2.05) is 36.4 Å². The van der Waals surface area contributed by atoms with Gasteiger partial charge in [-0.2, -0.15) is 0 Å². The molecule has 2 aliphatic heterocycles. The van der Waals surface area contributed by atoms with Gasteiger partial charge in [0.15, 0.2) is 11.5 Å². The van der Waals surface area contributed by atoms with Gasteiger partial charge in [-0.25, -0.2) is 17.7 Å². The van der Waals surface area contributed by atoms with Crippen LogP contribution >= 0.6 is 0 Å². The van der Waals surface area contributed by atoms with Crippen molar-refractivity contribution < 1.29 is 17.9 Å². The number of piperidine rings is 1. The molecule has 8 nitrogen and oxygen atoms in total. The Morgan fingerprint density at radius 1 is 1.10 bits per heavy atom. The van der Waals surface area contributed by atoms with Crippen molar-refractivity contribution in [2.45, 2.75) is 18.8 Å². The number of pyridine rings is 1. The zero-order chi connectivity index (χ0) is 20.7. The van der Waals surface area contributed by atoms with E-state index in [1.54, 1.807) is 6.20 Å². The summed E-state index contributed by atoms with van der Waals surface area (Å²) in [5.74, 6) is 2.44. The molecular weight excluding hydrogens is 404 g/mol. The van der Waals surface area contributed by atoms with Gasteiger partial charge in [0, 0.05) is 30.8 Å². The monoisotopic (exact) mass is 426 g/mol. The first-order valence-corrected chi connectivity index (χ1v) is 11.7. The van der Waals surface area contributed by atoms with Crippen LogP contribution in [0.2, 0.25) is 0 Å². The molecule has 9 heteroatoms. The van der Waals surface area contributed by atoms with Crippen molar-refractivity contribution in [3.63, 3.8) is 0 Å². The second-order valence-electron chi connectivity index (χ2n) is 7.56. The van der Waals surface area contributed by atoms with E-state index in [0.717, 1.165) is 47.1 Å². The number of imidazole rings is 1. The van der Waals surface area contributed by atoms with E-state index in [4.69, 9.17) is 14.5 Å². The van der Waals surface area contributed by atoms with Crippen LogP contribution < -0.4 is 9.47 Å². The molecule has 1 aromatic carbocycles. The number of hydrogen-bond acceptors (Lipinski definition) is 6.